The number of nitrogens with zero attached hydrogens (tertiary/aromatic N) is 2. The molecule has 2 atom stereocenters. The minimum absolute atomic E-state index is 1.05. The predicted molar refractivity (Wildman–Crippen MR) is 75.4 cm³/mol. The number of carbonyl (C=O) groups is 2. The van der Waals surface area contributed by atoms with Crippen molar-refractivity contribution in [1.82, 2.24) is 9.97 Å². The number of imidazole rings is 2. The van der Waals surface area contributed by atoms with Crippen LogP contribution in [0, 0.1) is 0 Å². The zero-order valence-corrected chi connectivity index (χ0v) is 13.5. The van der Waals surface area contributed by atoms with Gasteiger partial charge in [0.25, 0.3) is 0 Å². The van der Waals surface area contributed by atoms with E-state index in [1.807, 2.05) is 37.4 Å². The largest absolute Gasteiger partial charge is 0.547 e. The zero-order valence-electron chi connectivity index (χ0n) is 13.5. The molecule has 24 heavy (non-hydrogen) atoms. The minimum Gasteiger partial charge on any atom is -0.547 e. The molecule has 0 aliphatic rings. The van der Waals surface area contributed by atoms with Crippen molar-refractivity contribution in [3.8, 4) is 0 Å². The molecule has 0 aromatic carbocycles. The molecule has 2 heterocycles. The number of aliphatic hydroxyl groups excluding tert-OH is 2. The predicted octanol–water partition coefficient (Wildman–Crippen LogP) is -4.15. The molecule has 0 bridgehead atoms. The van der Waals surface area contributed by atoms with E-state index in [2.05, 4.69) is 32.9 Å². The smallest absolute Gasteiger partial charge is 0.241 e. The maximum absolute atomic E-state index is 9.63. The van der Waals surface area contributed by atoms with Crippen molar-refractivity contribution in [2.24, 2.45) is 0 Å². The van der Waals surface area contributed by atoms with Gasteiger partial charge in [-0.1, -0.05) is 0 Å². The van der Waals surface area contributed by atoms with Gasteiger partial charge in [-0.05, 0) is 13.8 Å². The molecule has 0 saturated carbocycles. The number of carboxylic acid groups (broad SMARTS) is 2. The number of aliphatic carboxylic acids is 2. The highest BCUT2D eigenvalue weighted by molar-refractivity contribution is 5.80. The molecule has 0 radical (unpaired) electrons. The van der Waals surface area contributed by atoms with Crippen molar-refractivity contribution in [2.75, 3.05) is 0 Å². The maximum Gasteiger partial charge on any atom is 0.241 e. The molecule has 0 spiro atoms. The Hall–Kier alpha value is -2.72. The van der Waals surface area contributed by atoms with E-state index in [1.54, 1.807) is 0 Å². The van der Waals surface area contributed by atoms with Gasteiger partial charge in [-0.2, -0.15) is 0 Å². The molecule has 0 amide bonds. The van der Waals surface area contributed by atoms with Crippen molar-refractivity contribution in [3.63, 3.8) is 0 Å². The first-order valence-electron chi connectivity index (χ1n) is 7.14. The Morgan fingerprint density at radius 3 is 1.38 bits per heavy atom. The molecule has 0 saturated heterocycles. The zero-order chi connectivity index (χ0) is 18.5. The van der Waals surface area contributed by atoms with Gasteiger partial charge in [0.05, 0.1) is 25.0 Å². The fourth-order valence-electron chi connectivity index (χ4n) is 1.29. The Morgan fingerprint density at radius 1 is 0.917 bits per heavy atom. The molecule has 0 fully saturated rings. The Bertz CT molecular complexity index is 518. The number of aromatic amines is 2. The van der Waals surface area contributed by atoms with Crippen molar-refractivity contribution in [1.29, 1.82) is 0 Å². The third-order valence-corrected chi connectivity index (χ3v) is 2.72. The normalized spacial score (nSPS) is 12.0. The Kier molecular flexibility index (Phi) is 10.5. The van der Waals surface area contributed by atoms with Gasteiger partial charge in [0.2, 0.25) is 12.7 Å². The van der Waals surface area contributed by atoms with Gasteiger partial charge in [-0.25, -0.2) is 9.13 Å². The molecular weight excluding hydrogens is 320 g/mol. The fraction of sp³-hybridized carbons (Fsp3) is 0.429. The average Bonchev–Trinajstić information content (AvgIpc) is 3.27. The van der Waals surface area contributed by atoms with E-state index in [9.17, 15) is 19.8 Å². The highest BCUT2D eigenvalue weighted by Crippen LogP contribution is 1.89. The Balaban J connectivity index is 0.000000337. The van der Waals surface area contributed by atoms with Crippen molar-refractivity contribution >= 4 is 11.9 Å². The number of H-pyrrole nitrogens is 2. The lowest BCUT2D eigenvalue weighted by Crippen LogP contribution is -2.51. The number of hydrogen-bond donors (Lipinski definition) is 4. The number of hydrogen-bond acceptors (Lipinski definition) is 6. The molecule has 2 rings (SSSR count). The van der Waals surface area contributed by atoms with E-state index in [-0.39, 0.29) is 0 Å². The second-order valence-corrected chi connectivity index (χ2v) is 4.41. The summed E-state index contributed by atoms with van der Waals surface area (Å²) in [5.74, 6) is -4.12. The molecule has 0 aliphatic carbocycles. The van der Waals surface area contributed by atoms with Crippen LogP contribution in [0.1, 0.15) is 13.8 Å². The topological polar surface area (TPSA) is 160 Å². The summed E-state index contributed by atoms with van der Waals surface area (Å²) in [6.45, 7) is 6.30. The van der Waals surface area contributed by atoms with Crippen LogP contribution < -0.4 is 19.3 Å². The second kappa shape index (κ2) is 11.8. The number of carboxylic acids is 2. The van der Waals surface area contributed by atoms with Crippen LogP contribution in [0.15, 0.2) is 37.4 Å². The molecule has 10 nitrogen and oxygen atoms in total. The van der Waals surface area contributed by atoms with E-state index in [1.165, 1.54) is 0 Å². The third-order valence-electron chi connectivity index (χ3n) is 2.72. The molecule has 2 aromatic rings. The number of aromatic nitrogens is 4. The Labute approximate surface area is 138 Å². The van der Waals surface area contributed by atoms with Crippen LogP contribution in [0.5, 0.6) is 0 Å². The van der Waals surface area contributed by atoms with Crippen LogP contribution in [0.25, 0.3) is 0 Å². The number of aryl methyl sites for hydroxylation is 2. The molecule has 134 valence electrons. The average molecular weight is 342 g/mol. The third kappa shape index (κ3) is 8.66. The van der Waals surface area contributed by atoms with Gasteiger partial charge in [-0.15, -0.1) is 0 Å². The van der Waals surface area contributed by atoms with Crippen LogP contribution in [0.2, 0.25) is 0 Å². The first-order valence-corrected chi connectivity index (χ1v) is 7.14. The van der Waals surface area contributed by atoms with E-state index in [4.69, 9.17) is 10.2 Å². The van der Waals surface area contributed by atoms with Gasteiger partial charge >= 0.3 is 0 Å². The molecular formula is C14H22N4O6. The molecule has 2 unspecified atom stereocenters. The van der Waals surface area contributed by atoms with E-state index >= 15 is 0 Å². The summed E-state index contributed by atoms with van der Waals surface area (Å²) in [7, 11) is 0. The SMILES string of the molecule is CC[n+]1cc[nH]c1.CC[n+]1cc[nH]c1.O=C([O-])C(O)C(O)C(=O)[O-]. The number of aliphatic hydroxyl groups is 2. The second-order valence-electron chi connectivity index (χ2n) is 4.41. The van der Waals surface area contributed by atoms with Gasteiger partial charge in [0, 0.05) is 0 Å². The van der Waals surface area contributed by atoms with Crippen molar-refractivity contribution < 1.29 is 39.1 Å². The molecule has 2 aromatic heterocycles. The van der Waals surface area contributed by atoms with Crippen LogP contribution >= 0.6 is 0 Å². The summed E-state index contributed by atoms with van der Waals surface area (Å²) in [5.41, 5.74) is 0. The lowest BCUT2D eigenvalue weighted by atomic mass is 10.2. The monoisotopic (exact) mass is 342 g/mol. The summed E-state index contributed by atoms with van der Waals surface area (Å²) >= 11 is 0. The molecule has 0 aliphatic heterocycles. The molecule has 10 heteroatoms. The maximum atomic E-state index is 9.63. The number of carbonyl (C=O) groups excluding carboxylic acids is 2. The fourth-order valence-corrected chi connectivity index (χ4v) is 1.29. The van der Waals surface area contributed by atoms with Crippen LogP contribution in [0.4, 0.5) is 0 Å². The summed E-state index contributed by atoms with van der Waals surface area (Å²) in [4.78, 5) is 25.2. The Morgan fingerprint density at radius 2 is 1.25 bits per heavy atom. The van der Waals surface area contributed by atoms with E-state index < -0.39 is 24.1 Å². The van der Waals surface area contributed by atoms with Gasteiger partial charge in [0.1, 0.15) is 37.0 Å². The van der Waals surface area contributed by atoms with Crippen molar-refractivity contribution in [2.45, 2.75) is 39.1 Å². The van der Waals surface area contributed by atoms with E-state index in [0.29, 0.717) is 0 Å². The van der Waals surface area contributed by atoms with Gasteiger partial charge in [0.15, 0.2) is 0 Å². The van der Waals surface area contributed by atoms with Crippen molar-refractivity contribution in [3.05, 3.63) is 37.4 Å². The minimum atomic E-state index is -2.44. The first kappa shape index (κ1) is 21.3. The summed E-state index contributed by atoms with van der Waals surface area (Å²) in [6.07, 6.45) is 6.79. The first-order chi connectivity index (χ1) is 11.3. The standard InChI is InChI=1S/2C5H8N2.C4H6O6/c2*1-2-7-4-3-6-5-7;5-1(3(7)8)2(6)4(9)10/h2*3-5H,2H2,1H3;1-2,5-6H,(H,7,8)(H,9,10). The highest BCUT2D eigenvalue weighted by Gasteiger charge is 2.17. The molecule has 4 N–H and O–H groups in total. The van der Waals surface area contributed by atoms with Crippen LogP contribution in [0.3, 0.4) is 0 Å². The van der Waals surface area contributed by atoms with Crippen LogP contribution in [-0.2, 0) is 22.7 Å². The summed E-state index contributed by atoms with van der Waals surface area (Å²) < 4.78 is 4.14. The lowest BCUT2D eigenvalue weighted by molar-refractivity contribution is -0.692. The summed E-state index contributed by atoms with van der Waals surface area (Å²) in [6, 6.07) is 0. The van der Waals surface area contributed by atoms with Crippen LogP contribution in [-0.4, -0.2) is 44.3 Å². The number of rotatable bonds is 5. The number of nitrogens with one attached hydrogen (secondary N) is 2. The van der Waals surface area contributed by atoms with Gasteiger partial charge in [-0.3, -0.25) is 9.97 Å². The quantitative estimate of drug-likeness (QED) is 0.404. The highest BCUT2D eigenvalue weighted by atomic mass is 16.4. The van der Waals surface area contributed by atoms with E-state index in [0.717, 1.165) is 13.1 Å². The lowest BCUT2D eigenvalue weighted by Gasteiger charge is -2.18. The van der Waals surface area contributed by atoms with Gasteiger partial charge < -0.3 is 30.0 Å². The summed E-state index contributed by atoms with van der Waals surface area (Å²) in [5, 5.41) is 35.7.